The molecule has 4 N–H and O–H groups in total. The monoisotopic (exact) mass is 737 g/mol. The Balaban J connectivity index is 2.41. The maximum absolute atomic E-state index is 12.7. The zero-order valence-corrected chi connectivity index (χ0v) is 32.3. The number of hydrogen-bond donors (Lipinski definition) is 4. The Kier molecular flexibility index (Phi) is 30.5. The van der Waals surface area contributed by atoms with E-state index in [4.69, 9.17) is 18.9 Å². The quantitative estimate of drug-likeness (QED) is 0.0307. The minimum Gasteiger partial charge on any atom is -0.462 e. The largest absolute Gasteiger partial charge is 0.462 e. The van der Waals surface area contributed by atoms with Crippen molar-refractivity contribution in [3.8, 4) is 0 Å². The molecule has 1 aliphatic heterocycles. The molecule has 300 valence electrons. The summed E-state index contributed by atoms with van der Waals surface area (Å²) in [5.41, 5.74) is 0. The van der Waals surface area contributed by atoms with Crippen LogP contribution in [0.25, 0.3) is 0 Å². The van der Waals surface area contributed by atoms with Crippen LogP contribution in [0.15, 0.2) is 48.6 Å². The summed E-state index contributed by atoms with van der Waals surface area (Å²) in [6.07, 6.45) is 29.8. The summed E-state index contributed by atoms with van der Waals surface area (Å²) in [5, 5.41) is 39.9. The molecule has 10 heteroatoms. The lowest BCUT2D eigenvalue weighted by Crippen LogP contribution is -2.59. The second-order valence-electron chi connectivity index (χ2n) is 13.7. The van der Waals surface area contributed by atoms with Crippen LogP contribution >= 0.6 is 0 Å². The zero-order chi connectivity index (χ0) is 38.1. The van der Waals surface area contributed by atoms with Gasteiger partial charge in [0.2, 0.25) is 0 Å². The van der Waals surface area contributed by atoms with Crippen LogP contribution in [0.4, 0.5) is 0 Å². The second kappa shape index (κ2) is 33.2. The van der Waals surface area contributed by atoms with Crippen LogP contribution in [0.1, 0.15) is 149 Å². The molecular formula is C42H72O10. The first-order valence-electron chi connectivity index (χ1n) is 20.2. The van der Waals surface area contributed by atoms with Gasteiger partial charge < -0.3 is 39.4 Å². The average molecular weight is 737 g/mol. The smallest absolute Gasteiger partial charge is 0.306 e. The Morgan fingerprint density at radius 2 is 1.13 bits per heavy atom. The van der Waals surface area contributed by atoms with Gasteiger partial charge in [-0.05, 0) is 70.6 Å². The van der Waals surface area contributed by atoms with Gasteiger partial charge in [0.1, 0.15) is 31.0 Å². The number of allylic oxidation sites excluding steroid dienone is 8. The third kappa shape index (κ3) is 24.8. The molecule has 0 aromatic carbocycles. The third-order valence-corrected chi connectivity index (χ3v) is 8.95. The van der Waals surface area contributed by atoms with E-state index in [0.29, 0.717) is 12.8 Å². The van der Waals surface area contributed by atoms with Crippen molar-refractivity contribution < 1.29 is 49.0 Å². The highest BCUT2D eigenvalue weighted by atomic mass is 16.7. The molecule has 0 saturated carbocycles. The summed E-state index contributed by atoms with van der Waals surface area (Å²) >= 11 is 0. The molecule has 1 rings (SSSR count). The van der Waals surface area contributed by atoms with Crippen molar-refractivity contribution in [1.29, 1.82) is 0 Å². The molecule has 0 aromatic rings. The molecule has 0 spiro atoms. The third-order valence-electron chi connectivity index (χ3n) is 8.95. The highest BCUT2D eigenvalue weighted by molar-refractivity contribution is 5.70. The van der Waals surface area contributed by atoms with E-state index in [2.05, 4.69) is 62.5 Å². The minimum atomic E-state index is -1.60. The highest BCUT2D eigenvalue weighted by Gasteiger charge is 2.44. The molecule has 1 saturated heterocycles. The van der Waals surface area contributed by atoms with E-state index < -0.39 is 55.4 Å². The van der Waals surface area contributed by atoms with Gasteiger partial charge in [0.25, 0.3) is 0 Å². The van der Waals surface area contributed by atoms with Crippen molar-refractivity contribution in [1.82, 2.24) is 0 Å². The number of aliphatic hydroxyl groups is 4. The average Bonchev–Trinajstić information content (AvgIpc) is 3.14. The van der Waals surface area contributed by atoms with E-state index in [1.165, 1.54) is 38.5 Å². The van der Waals surface area contributed by atoms with Gasteiger partial charge >= 0.3 is 11.9 Å². The predicted molar refractivity (Wildman–Crippen MR) is 205 cm³/mol. The van der Waals surface area contributed by atoms with E-state index >= 15 is 0 Å². The van der Waals surface area contributed by atoms with Crippen LogP contribution in [0, 0.1) is 0 Å². The lowest BCUT2D eigenvalue weighted by Gasteiger charge is -2.39. The van der Waals surface area contributed by atoms with Gasteiger partial charge in [-0.2, -0.15) is 0 Å². The summed E-state index contributed by atoms with van der Waals surface area (Å²) in [5.74, 6) is -0.856. The van der Waals surface area contributed by atoms with Crippen LogP contribution < -0.4 is 0 Å². The van der Waals surface area contributed by atoms with Gasteiger partial charge in [0.05, 0.1) is 13.2 Å². The Hall–Kier alpha value is -2.34. The Morgan fingerprint density at radius 1 is 0.615 bits per heavy atom. The first-order valence-corrected chi connectivity index (χ1v) is 20.2. The van der Waals surface area contributed by atoms with E-state index in [-0.39, 0.29) is 26.1 Å². The molecule has 0 bridgehead atoms. The van der Waals surface area contributed by atoms with Gasteiger partial charge in [0, 0.05) is 12.8 Å². The molecule has 1 aliphatic rings. The summed E-state index contributed by atoms with van der Waals surface area (Å²) in [4.78, 5) is 25.2. The molecule has 1 heterocycles. The number of carbonyl (C=O) groups excluding carboxylic acids is 2. The first-order chi connectivity index (χ1) is 25.3. The maximum atomic E-state index is 12.7. The van der Waals surface area contributed by atoms with Gasteiger partial charge in [-0.3, -0.25) is 9.59 Å². The number of carbonyl (C=O) groups is 2. The van der Waals surface area contributed by atoms with Crippen molar-refractivity contribution >= 4 is 11.9 Å². The fourth-order valence-corrected chi connectivity index (χ4v) is 5.72. The van der Waals surface area contributed by atoms with Crippen LogP contribution in [-0.2, 0) is 28.5 Å². The van der Waals surface area contributed by atoms with Gasteiger partial charge in [-0.1, -0.05) is 114 Å². The maximum Gasteiger partial charge on any atom is 0.306 e. The number of esters is 2. The predicted octanol–water partition coefficient (Wildman–Crippen LogP) is 7.71. The van der Waals surface area contributed by atoms with Crippen molar-refractivity contribution in [3.05, 3.63) is 48.6 Å². The van der Waals surface area contributed by atoms with E-state index in [1.54, 1.807) is 0 Å². The van der Waals surface area contributed by atoms with Crippen LogP contribution in [0.5, 0.6) is 0 Å². The molecule has 6 unspecified atom stereocenters. The van der Waals surface area contributed by atoms with Crippen molar-refractivity contribution in [2.24, 2.45) is 0 Å². The number of aliphatic hydroxyl groups excluding tert-OH is 4. The fourth-order valence-electron chi connectivity index (χ4n) is 5.72. The molecule has 0 aliphatic carbocycles. The van der Waals surface area contributed by atoms with E-state index in [9.17, 15) is 30.0 Å². The van der Waals surface area contributed by atoms with Crippen molar-refractivity contribution in [2.45, 2.75) is 185 Å². The van der Waals surface area contributed by atoms with Crippen LogP contribution in [-0.4, -0.2) is 89.0 Å². The van der Waals surface area contributed by atoms with Gasteiger partial charge in [0.15, 0.2) is 12.4 Å². The molecule has 1 fully saturated rings. The summed E-state index contributed by atoms with van der Waals surface area (Å²) in [7, 11) is 0. The number of hydrogen-bond acceptors (Lipinski definition) is 10. The molecule has 52 heavy (non-hydrogen) atoms. The number of rotatable bonds is 32. The van der Waals surface area contributed by atoms with Gasteiger partial charge in [-0.15, -0.1) is 0 Å². The SMILES string of the molecule is CC/C=C\C/C=C\C/C=C\CCCCCC(=O)OC(COC(=O)CCCCCCC/C=C\CCCCCCC)COC1OC(CO)C(O)C(O)C1O. The van der Waals surface area contributed by atoms with E-state index in [0.717, 1.165) is 70.6 Å². The minimum absolute atomic E-state index is 0.192. The van der Waals surface area contributed by atoms with Gasteiger partial charge in [-0.25, -0.2) is 0 Å². The normalized spacial score (nSPS) is 21.5. The lowest BCUT2D eigenvalue weighted by molar-refractivity contribution is -0.305. The standard InChI is InChI=1S/C42H72O10/c1-3-5-7-9-11-13-15-17-19-20-22-24-26-28-30-37(44)49-33-35(34-50-42-41(48)40(47)39(46)36(32-43)52-42)51-38(45)31-29-27-25-23-21-18-16-14-12-10-8-6-4-2/h6,8,12,14-15,17-18,21,35-36,39-43,46-48H,3-5,7,9-11,13,16,19-20,22-34H2,1-2H3/b8-6-,14-12-,17-15-,21-18-. The topological polar surface area (TPSA) is 152 Å². The highest BCUT2D eigenvalue weighted by Crippen LogP contribution is 2.22. The molecule has 0 amide bonds. The Labute approximate surface area is 314 Å². The number of ether oxygens (including phenoxy) is 4. The van der Waals surface area contributed by atoms with Crippen molar-refractivity contribution in [2.75, 3.05) is 19.8 Å². The van der Waals surface area contributed by atoms with Crippen LogP contribution in [0.2, 0.25) is 0 Å². The molecular weight excluding hydrogens is 664 g/mol. The van der Waals surface area contributed by atoms with Crippen LogP contribution in [0.3, 0.4) is 0 Å². The fraction of sp³-hybridized carbons (Fsp3) is 0.762. The lowest BCUT2D eigenvalue weighted by atomic mass is 9.99. The molecule has 0 radical (unpaired) electrons. The zero-order valence-electron chi connectivity index (χ0n) is 32.3. The molecule has 10 nitrogen and oxygen atoms in total. The summed E-state index contributed by atoms with van der Waals surface area (Å²) in [6, 6.07) is 0. The summed E-state index contributed by atoms with van der Waals surface area (Å²) in [6.45, 7) is 3.23. The van der Waals surface area contributed by atoms with E-state index in [1.807, 2.05) is 0 Å². The Bertz CT molecular complexity index is 991. The first kappa shape index (κ1) is 47.7. The number of unbranched alkanes of at least 4 members (excludes halogenated alkanes) is 13. The summed E-state index contributed by atoms with van der Waals surface area (Å²) < 4.78 is 22.0. The van der Waals surface area contributed by atoms with Crippen molar-refractivity contribution in [3.63, 3.8) is 0 Å². The Morgan fingerprint density at radius 3 is 1.75 bits per heavy atom. The molecule has 0 aromatic heterocycles. The molecule has 6 atom stereocenters. The second-order valence-corrected chi connectivity index (χ2v) is 13.7.